The van der Waals surface area contributed by atoms with Gasteiger partial charge in [0.25, 0.3) is 0 Å². The molecule has 0 aliphatic heterocycles. The molecular formula is C14H14ClN5O2S. The zero-order chi connectivity index (χ0) is 16.4. The van der Waals surface area contributed by atoms with Gasteiger partial charge in [-0.25, -0.2) is 13.4 Å². The number of nitrogens with one attached hydrogen (secondary N) is 3. The van der Waals surface area contributed by atoms with Crippen molar-refractivity contribution in [2.24, 2.45) is 0 Å². The van der Waals surface area contributed by atoms with Gasteiger partial charge in [0.1, 0.15) is 11.5 Å². The second-order valence-electron chi connectivity index (χ2n) is 5.01. The van der Waals surface area contributed by atoms with E-state index in [1.165, 1.54) is 0 Å². The molecule has 0 unspecified atom stereocenters. The van der Waals surface area contributed by atoms with Gasteiger partial charge in [0, 0.05) is 18.4 Å². The Labute approximate surface area is 138 Å². The zero-order valence-corrected chi connectivity index (χ0v) is 13.7. The number of hydrogen-bond acceptors (Lipinski definition) is 5. The van der Waals surface area contributed by atoms with Gasteiger partial charge in [-0.1, -0.05) is 12.1 Å². The molecule has 0 saturated carbocycles. The Morgan fingerprint density at radius 2 is 2.09 bits per heavy atom. The molecule has 23 heavy (non-hydrogen) atoms. The number of halogens is 1. The maximum atomic E-state index is 11.3. The molecule has 0 fully saturated rings. The van der Waals surface area contributed by atoms with Gasteiger partial charge in [-0.05, 0) is 35.4 Å². The van der Waals surface area contributed by atoms with Crippen molar-refractivity contribution in [2.75, 3.05) is 16.3 Å². The minimum Gasteiger partial charge on any atom is -0.365 e. The summed E-state index contributed by atoms with van der Waals surface area (Å²) in [5, 5.41) is 4.17. The summed E-state index contributed by atoms with van der Waals surface area (Å²) in [4.78, 5) is 11.3. The highest BCUT2D eigenvalue weighted by Crippen LogP contribution is 2.22. The summed E-state index contributed by atoms with van der Waals surface area (Å²) >= 11 is 5.90. The van der Waals surface area contributed by atoms with Crippen molar-refractivity contribution in [3.05, 3.63) is 47.4 Å². The summed E-state index contributed by atoms with van der Waals surface area (Å²) in [7, 11) is -3.30. The molecule has 0 radical (unpaired) electrons. The fraction of sp³-hybridized carbons (Fsp3) is 0.143. The maximum Gasteiger partial charge on any atom is 0.229 e. The highest BCUT2D eigenvalue weighted by molar-refractivity contribution is 7.92. The Morgan fingerprint density at radius 3 is 2.87 bits per heavy atom. The second kappa shape index (κ2) is 6.05. The smallest absolute Gasteiger partial charge is 0.229 e. The summed E-state index contributed by atoms with van der Waals surface area (Å²) in [5.74, 6) is 0.614. The minimum atomic E-state index is -3.30. The van der Waals surface area contributed by atoms with Crippen molar-refractivity contribution in [1.82, 2.24) is 15.0 Å². The molecule has 3 rings (SSSR count). The molecule has 0 aliphatic rings. The fourth-order valence-corrected chi connectivity index (χ4v) is 2.92. The first-order chi connectivity index (χ1) is 10.9. The number of fused-ring (bicyclic) bond motifs is 1. The van der Waals surface area contributed by atoms with Gasteiger partial charge in [0.2, 0.25) is 15.3 Å². The normalized spacial score (nSPS) is 11.6. The standard InChI is InChI=1S/C14H14ClN5O2S/c1-23(21,22)20-10-4-2-3-9(7-10)8-17-13-11-5-6-16-12(11)18-14(15)19-13/h2-7,20H,8H2,1H3,(H2,16,17,18,19). The Hall–Kier alpha value is -2.32. The van der Waals surface area contributed by atoms with Crippen molar-refractivity contribution in [2.45, 2.75) is 6.54 Å². The van der Waals surface area contributed by atoms with Crippen LogP contribution in [0.1, 0.15) is 5.56 Å². The lowest BCUT2D eigenvalue weighted by Crippen LogP contribution is -2.10. The van der Waals surface area contributed by atoms with Gasteiger partial charge in [-0.3, -0.25) is 4.72 Å². The monoisotopic (exact) mass is 351 g/mol. The van der Waals surface area contributed by atoms with Gasteiger partial charge in [0.15, 0.2) is 0 Å². The van der Waals surface area contributed by atoms with E-state index in [9.17, 15) is 8.42 Å². The maximum absolute atomic E-state index is 11.3. The molecule has 0 aliphatic carbocycles. The Morgan fingerprint density at radius 1 is 1.26 bits per heavy atom. The van der Waals surface area contributed by atoms with Crippen LogP contribution in [0.5, 0.6) is 0 Å². The van der Waals surface area contributed by atoms with Crippen LogP contribution < -0.4 is 10.0 Å². The lowest BCUT2D eigenvalue weighted by Gasteiger charge is -2.09. The first kappa shape index (κ1) is 15.6. The Bertz CT molecular complexity index is 955. The number of sulfonamides is 1. The van der Waals surface area contributed by atoms with Crippen LogP contribution in [0, 0.1) is 0 Å². The van der Waals surface area contributed by atoms with Crippen molar-refractivity contribution in [1.29, 1.82) is 0 Å². The van der Waals surface area contributed by atoms with Gasteiger partial charge in [-0.15, -0.1) is 0 Å². The number of aromatic nitrogens is 3. The molecule has 3 aromatic rings. The summed E-state index contributed by atoms with van der Waals surface area (Å²) in [6.45, 7) is 0.465. The van der Waals surface area contributed by atoms with Crippen molar-refractivity contribution in [3.8, 4) is 0 Å². The second-order valence-corrected chi connectivity index (χ2v) is 7.10. The average molecular weight is 352 g/mol. The third kappa shape index (κ3) is 3.91. The summed E-state index contributed by atoms with van der Waals surface area (Å²) in [5.41, 5.74) is 2.07. The van der Waals surface area contributed by atoms with E-state index in [0.717, 1.165) is 17.2 Å². The molecular weight excluding hydrogens is 338 g/mol. The van der Waals surface area contributed by atoms with E-state index in [1.807, 2.05) is 12.1 Å². The molecule has 0 atom stereocenters. The summed E-state index contributed by atoms with van der Waals surface area (Å²) in [6.07, 6.45) is 2.88. The molecule has 2 heterocycles. The van der Waals surface area contributed by atoms with E-state index >= 15 is 0 Å². The third-order valence-electron chi connectivity index (χ3n) is 3.08. The number of aromatic amines is 1. The molecule has 3 N–H and O–H groups in total. The molecule has 1 aromatic carbocycles. The van der Waals surface area contributed by atoms with Crippen molar-refractivity contribution < 1.29 is 8.42 Å². The molecule has 120 valence electrons. The predicted octanol–water partition coefficient (Wildman–Crippen LogP) is 2.59. The minimum absolute atomic E-state index is 0.148. The number of hydrogen-bond donors (Lipinski definition) is 3. The molecule has 0 amide bonds. The number of benzene rings is 1. The van der Waals surface area contributed by atoms with Crippen LogP contribution in [0.15, 0.2) is 36.5 Å². The van der Waals surface area contributed by atoms with Crippen LogP contribution in [-0.4, -0.2) is 29.6 Å². The summed E-state index contributed by atoms with van der Waals surface area (Å²) in [6, 6.07) is 8.97. The first-order valence-electron chi connectivity index (χ1n) is 6.72. The van der Waals surface area contributed by atoms with E-state index in [2.05, 4.69) is 25.0 Å². The molecule has 0 saturated heterocycles. The van der Waals surface area contributed by atoms with Crippen molar-refractivity contribution >= 4 is 44.2 Å². The molecule has 9 heteroatoms. The van der Waals surface area contributed by atoms with Crippen molar-refractivity contribution in [3.63, 3.8) is 0 Å². The molecule has 0 bridgehead atoms. The van der Waals surface area contributed by atoms with Gasteiger partial charge >= 0.3 is 0 Å². The van der Waals surface area contributed by atoms with Crippen LogP contribution >= 0.6 is 11.6 Å². The number of nitrogens with zero attached hydrogens (tertiary/aromatic N) is 2. The molecule has 0 spiro atoms. The lowest BCUT2D eigenvalue weighted by molar-refractivity contribution is 0.607. The predicted molar refractivity (Wildman–Crippen MR) is 91.1 cm³/mol. The lowest BCUT2D eigenvalue weighted by atomic mass is 10.2. The van der Waals surface area contributed by atoms with Crippen LogP contribution in [0.25, 0.3) is 11.0 Å². The Balaban J connectivity index is 1.80. The number of H-pyrrole nitrogens is 1. The van der Waals surface area contributed by atoms with Gasteiger partial charge < -0.3 is 10.3 Å². The highest BCUT2D eigenvalue weighted by Gasteiger charge is 2.08. The summed E-state index contributed by atoms with van der Waals surface area (Å²) < 4.78 is 25.0. The SMILES string of the molecule is CS(=O)(=O)Nc1cccc(CNc2nc(Cl)nc3[nH]ccc23)c1. The topological polar surface area (TPSA) is 99.8 Å². The van der Waals surface area contributed by atoms with E-state index in [-0.39, 0.29) is 5.28 Å². The van der Waals surface area contributed by atoms with Crippen LogP contribution in [0.3, 0.4) is 0 Å². The van der Waals surface area contributed by atoms with Crippen LogP contribution in [0.4, 0.5) is 11.5 Å². The van der Waals surface area contributed by atoms with Crippen LogP contribution in [-0.2, 0) is 16.6 Å². The third-order valence-corrected chi connectivity index (χ3v) is 3.85. The fourth-order valence-electron chi connectivity index (χ4n) is 2.19. The Kier molecular flexibility index (Phi) is 4.10. The van der Waals surface area contributed by atoms with E-state index < -0.39 is 10.0 Å². The average Bonchev–Trinajstić information content (AvgIpc) is 2.91. The number of anilines is 2. The molecule has 2 aromatic heterocycles. The van der Waals surface area contributed by atoms with E-state index in [0.29, 0.717) is 23.7 Å². The quantitative estimate of drug-likeness (QED) is 0.613. The highest BCUT2D eigenvalue weighted by atomic mass is 35.5. The zero-order valence-electron chi connectivity index (χ0n) is 12.2. The largest absolute Gasteiger partial charge is 0.365 e. The molecule has 7 nitrogen and oxygen atoms in total. The van der Waals surface area contributed by atoms with E-state index in [4.69, 9.17) is 11.6 Å². The van der Waals surface area contributed by atoms with Crippen LogP contribution in [0.2, 0.25) is 5.28 Å². The van der Waals surface area contributed by atoms with Gasteiger partial charge in [0.05, 0.1) is 11.6 Å². The first-order valence-corrected chi connectivity index (χ1v) is 8.99. The van der Waals surface area contributed by atoms with E-state index in [1.54, 1.807) is 24.4 Å². The van der Waals surface area contributed by atoms with Gasteiger partial charge in [-0.2, -0.15) is 4.98 Å². The number of rotatable bonds is 5.